The first-order valence-corrected chi connectivity index (χ1v) is 16.6. The molecule has 6 rings (SSSR count). The van der Waals surface area contributed by atoms with Crippen LogP contribution in [-0.4, -0.2) is 89.6 Å². The van der Waals surface area contributed by atoms with Crippen LogP contribution < -0.4 is 11.1 Å². The number of fused-ring (bicyclic) bond motifs is 1. The Labute approximate surface area is 275 Å². The molecule has 2 atom stereocenters. The van der Waals surface area contributed by atoms with E-state index in [1.807, 2.05) is 65.6 Å². The number of imidazole rings is 1. The topological polar surface area (TPSA) is 123 Å². The fourth-order valence-corrected chi connectivity index (χ4v) is 6.87. The summed E-state index contributed by atoms with van der Waals surface area (Å²) in [4.78, 5) is 47.2. The number of nitrogens with one attached hydrogen (secondary N) is 1. The zero-order chi connectivity index (χ0) is 32.8. The predicted molar refractivity (Wildman–Crippen MR) is 182 cm³/mol. The third-order valence-electron chi connectivity index (χ3n) is 9.24. The fourth-order valence-electron chi connectivity index (χ4n) is 6.87. The molecule has 3 heterocycles. The van der Waals surface area contributed by atoms with Gasteiger partial charge in [0.25, 0.3) is 5.91 Å². The Bertz CT molecular complexity index is 1720. The lowest BCUT2D eigenvalue weighted by molar-refractivity contribution is -0.132. The summed E-state index contributed by atoms with van der Waals surface area (Å²) in [5.74, 6) is 1.01. The van der Waals surface area contributed by atoms with E-state index in [2.05, 4.69) is 22.0 Å². The van der Waals surface area contributed by atoms with Crippen LogP contribution in [0.2, 0.25) is 0 Å². The molecule has 0 saturated carbocycles. The molecule has 3 N–H and O–H groups in total. The number of para-hydroxylation sites is 2. The molecule has 3 aromatic carbocycles. The van der Waals surface area contributed by atoms with Crippen molar-refractivity contribution in [3.63, 3.8) is 0 Å². The highest BCUT2D eigenvalue weighted by Crippen LogP contribution is 2.30. The molecule has 2 aliphatic rings. The van der Waals surface area contributed by atoms with Crippen LogP contribution in [0.15, 0.2) is 72.8 Å². The number of piperidine rings is 1. The number of aromatic nitrogens is 2. The number of carbonyl (C=O) groups is 3. The molecule has 0 bridgehead atoms. The number of piperazine rings is 1. The molecule has 10 heteroatoms. The maximum absolute atomic E-state index is 13.5. The van der Waals surface area contributed by atoms with Crippen LogP contribution in [0.3, 0.4) is 0 Å². The summed E-state index contributed by atoms with van der Waals surface area (Å²) in [6.45, 7) is 3.92. The largest absolute Gasteiger partial charge is 0.385 e. The van der Waals surface area contributed by atoms with Crippen LogP contribution in [-0.2, 0) is 27.3 Å². The Morgan fingerprint density at radius 1 is 1.02 bits per heavy atom. The molecule has 1 aromatic heterocycles. The first-order valence-electron chi connectivity index (χ1n) is 16.6. The smallest absolute Gasteiger partial charge is 0.255 e. The zero-order valence-corrected chi connectivity index (χ0v) is 27.1. The molecule has 3 amide bonds. The van der Waals surface area contributed by atoms with E-state index in [1.165, 1.54) is 0 Å². The van der Waals surface area contributed by atoms with Crippen molar-refractivity contribution >= 4 is 28.8 Å². The van der Waals surface area contributed by atoms with Gasteiger partial charge in [0.2, 0.25) is 11.8 Å². The van der Waals surface area contributed by atoms with E-state index in [-0.39, 0.29) is 42.6 Å². The van der Waals surface area contributed by atoms with Crippen LogP contribution in [0.5, 0.6) is 0 Å². The number of hydrogen-bond acceptors (Lipinski definition) is 6. The minimum absolute atomic E-state index is 0.0666. The summed E-state index contributed by atoms with van der Waals surface area (Å²) < 4.78 is 7.61. The number of benzene rings is 3. The number of hydrogen-bond donors (Lipinski definition) is 2. The minimum atomic E-state index is -0.313. The number of rotatable bonds is 11. The number of amides is 3. The summed E-state index contributed by atoms with van der Waals surface area (Å²) in [5, 5.41) is 2.77. The van der Waals surface area contributed by atoms with Crippen molar-refractivity contribution in [3.05, 3.63) is 89.7 Å². The molecular weight excluding hydrogens is 592 g/mol. The summed E-state index contributed by atoms with van der Waals surface area (Å²) >= 11 is 0. The summed E-state index contributed by atoms with van der Waals surface area (Å²) in [6, 6.07) is 23.4. The van der Waals surface area contributed by atoms with Crippen molar-refractivity contribution in [1.82, 2.24) is 24.7 Å². The Balaban J connectivity index is 1.08. The Kier molecular flexibility index (Phi) is 10.3. The van der Waals surface area contributed by atoms with E-state index in [4.69, 9.17) is 15.5 Å². The van der Waals surface area contributed by atoms with Gasteiger partial charge in [-0.2, -0.15) is 0 Å². The summed E-state index contributed by atoms with van der Waals surface area (Å²) in [6.07, 6.45) is 3.68. The van der Waals surface area contributed by atoms with E-state index in [9.17, 15) is 14.4 Å². The average molecular weight is 637 g/mol. The SMILES string of the molecule is COCCCn1c([C@@H]2CCCN(C(=O)C[C@H](N)Cc3ccc(-c4ccccc4C(=O)N4CCNC(=O)C4)cc3)C2)nc2ccccc21. The molecule has 0 radical (unpaired) electrons. The van der Waals surface area contributed by atoms with Crippen molar-refractivity contribution in [2.75, 3.05) is 46.4 Å². The van der Waals surface area contributed by atoms with Gasteiger partial charge in [-0.25, -0.2) is 4.98 Å². The molecule has 47 heavy (non-hydrogen) atoms. The van der Waals surface area contributed by atoms with E-state index in [0.717, 1.165) is 65.9 Å². The maximum Gasteiger partial charge on any atom is 0.255 e. The Hall–Kier alpha value is -4.54. The maximum atomic E-state index is 13.5. The number of ether oxygens (including phenoxy) is 1. The molecule has 0 aliphatic carbocycles. The van der Waals surface area contributed by atoms with Gasteiger partial charge in [0.1, 0.15) is 5.82 Å². The Morgan fingerprint density at radius 3 is 2.62 bits per heavy atom. The molecule has 0 unspecified atom stereocenters. The Morgan fingerprint density at radius 2 is 1.81 bits per heavy atom. The van der Waals surface area contributed by atoms with Crippen LogP contribution in [0.4, 0.5) is 0 Å². The number of nitrogens with two attached hydrogens (primary N) is 1. The third-order valence-corrected chi connectivity index (χ3v) is 9.24. The minimum Gasteiger partial charge on any atom is -0.385 e. The molecular formula is C37H44N6O4. The van der Waals surface area contributed by atoms with Gasteiger partial charge in [-0.3, -0.25) is 14.4 Å². The third kappa shape index (κ3) is 7.55. The van der Waals surface area contributed by atoms with Gasteiger partial charge in [-0.1, -0.05) is 54.6 Å². The first kappa shape index (κ1) is 32.4. The van der Waals surface area contributed by atoms with Crippen LogP contribution in [0.25, 0.3) is 22.2 Å². The lowest BCUT2D eigenvalue weighted by Gasteiger charge is -2.33. The molecule has 2 fully saturated rings. The number of nitrogens with zero attached hydrogens (tertiary/aromatic N) is 4. The van der Waals surface area contributed by atoms with Crippen molar-refractivity contribution in [3.8, 4) is 11.1 Å². The standard InChI is InChI=1S/C37H44N6O4/c1-47-21-7-19-43-33-12-5-4-11-32(33)40-36(43)28-8-6-18-41(24-28)35(45)23-29(38)22-26-13-15-27(16-14-26)30-9-2-3-10-31(30)37(46)42-20-17-39-34(44)25-42/h2-5,9-16,28-29H,6-8,17-25,38H2,1H3,(H,39,44)/t28-,29-/m1/s1. The predicted octanol–water partition coefficient (Wildman–Crippen LogP) is 3.98. The van der Waals surface area contributed by atoms with Gasteiger partial charge in [0.15, 0.2) is 0 Å². The lowest BCUT2D eigenvalue weighted by Crippen LogP contribution is -2.50. The zero-order valence-electron chi connectivity index (χ0n) is 27.1. The quantitative estimate of drug-likeness (QED) is 0.240. The number of likely N-dealkylation sites (tertiary alicyclic amines) is 1. The monoisotopic (exact) mass is 636 g/mol. The van der Waals surface area contributed by atoms with E-state index >= 15 is 0 Å². The number of carbonyl (C=O) groups excluding carboxylic acids is 3. The first-order chi connectivity index (χ1) is 22.9. The second-order valence-corrected chi connectivity index (χ2v) is 12.6. The molecule has 10 nitrogen and oxygen atoms in total. The number of methoxy groups -OCH3 is 1. The second kappa shape index (κ2) is 14.9. The average Bonchev–Trinajstić information content (AvgIpc) is 3.47. The van der Waals surface area contributed by atoms with Crippen LogP contribution in [0, 0.1) is 0 Å². The normalized spacial score (nSPS) is 17.5. The molecule has 4 aromatic rings. The van der Waals surface area contributed by atoms with Crippen molar-refractivity contribution in [2.45, 2.75) is 50.6 Å². The van der Waals surface area contributed by atoms with Gasteiger partial charge < -0.3 is 30.2 Å². The van der Waals surface area contributed by atoms with Gasteiger partial charge >= 0.3 is 0 Å². The summed E-state index contributed by atoms with van der Waals surface area (Å²) in [5.41, 5.74) is 12.0. The van der Waals surface area contributed by atoms with Crippen molar-refractivity contribution < 1.29 is 19.1 Å². The highest BCUT2D eigenvalue weighted by atomic mass is 16.5. The van der Waals surface area contributed by atoms with Gasteiger partial charge in [0, 0.05) is 70.4 Å². The van der Waals surface area contributed by atoms with Crippen LogP contribution in [0.1, 0.15) is 53.3 Å². The highest BCUT2D eigenvalue weighted by Gasteiger charge is 2.29. The van der Waals surface area contributed by atoms with E-state index in [1.54, 1.807) is 12.0 Å². The lowest BCUT2D eigenvalue weighted by atomic mass is 9.95. The van der Waals surface area contributed by atoms with Crippen LogP contribution >= 0.6 is 0 Å². The summed E-state index contributed by atoms with van der Waals surface area (Å²) in [7, 11) is 1.72. The molecule has 0 spiro atoms. The van der Waals surface area contributed by atoms with Gasteiger partial charge in [0.05, 0.1) is 17.6 Å². The fraction of sp³-hybridized carbons (Fsp3) is 0.405. The van der Waals surface area contributed by atoms with Gasteiger partial charge in [-0.15, -0.1) is 0 Å². The molecule has 2 aliphatic heterocycles. The highest BCUT2D eigenvalue weighted by molar-refractivity contribution is 6.02. The molecule has 246 valence electrons. The van der Waals surface area contributed by atoms with E-state index < -0.39 is 0 Å². The van der Waals surface area contributed by atoms with Crippen molar-refractivity contribution in [1.29, 1.82) is 0 Å². The van der Waals surface area contributed by atoms with Crippen molar-refractivity contribution in [2.24, 2.45) is 5.73 Å². The second-order valence-electron chi connectivity index (χ2n) is 12.6. The molecule has 2 saturated heterocycles. The number of aryl methyl sites for hydroxylation is 1. The van der Waals surface area contributed by atoms with Gasteiger partial charge in [-0.05, 0) is 60.6 Å². The van der Waals surface area contributed by atoms with E-state index in [0.29, 0.717) is 38.2 Å².